The van der Waals surface area contributed by atoms with Gasteiger partial charge in [0.25, 0.3) is 0 Å². The molecule has 0 aliphatic rings. The minimum atomic E-state index is -0.742. The molecule has 2 aromatic carbocycles. The van der Waals surface area contributed by atoms with Gasteiger partial charge in [0.1, 0.15) is 17.2 Å². The van der Waals surface area contributed by atoms with E-state index in [4.69, 9.17) is 14.2 Å². The van der Waals surface area contributed by atoms with E-state index < -0.39 is 6.10 Å². The van der Waals surface area contributed by atoms with E-state index in [2.05, 4.69) is 15.6 Å². The molecule has 0 aliphatic heterocycles. The summed E-state index contributed by atoms with van der Waals surface area (Å²) in [5, 5.41) is 16.9. The van der Waals surface area contributed by atoms with Crippen molar-refractivity contribution in [1.29, 1.82) is 0 Å². The molecule has 0 spiro atoms. The van der Waals surface area contributed by atoms with Gasteiger partial charge in [-0.3, -0.25) is 0 Å². The molecule has 1 atom stereocenters. The molecule has 1 unspecified atom stereocenters. The maximum Gasteiger partial charge on any atom is 0.191 e. The number of nitrogens with zero attached hydrogens (tertiary/aromatic N) is 1. The lowest BCUT2D eigenvalue weighted by atomic mass is 10.1. The Kier molecular flexibility index (Phi) is 11.2. The average molecular weight is 515 g/mol. The molecule has 7 nitrogen and oxygen atoms in total. The molecule has 3 N–H and O–H groups in total. The summed E-state index contributed by atoms with van der Waals surface area (Å²) < 4.78 is 15.7. The quantitative estimate of drug-likeness (QED) is 0.271. The van der Waals surface area contributed by atoms with Gasteiger partial charge < -0.3 is 30.0 Å². The molecule has 0 radical (unpaired) electrons. The molecule has 0 aromatic heterocycles. The second-order valence-corrected chi connectivity index (χ2v) is 6.09. The van der Waals surface area contributed by atoms with Crippen LogP contribution in [0.3, 0.4) is 0 Å². The van der Waals surface area contributed by atoms with Gasteiger partial charge in [-0.25, -0.2) is 4.99 Å². The van der Waals surface area contributed by atoms with E-state index in [0.717, 1.165) is 17.9 Å². The van der Waals surface area contributed by atoms with Crippen LogP contribution < -0.4 is 24.8 Å². The number of nitrogens with one attached hydrogen (secondary N) is 2. The van der Waals surface area contributed by atoms with Gasteiger partial charge in [-0.2, -0.15) is 0 Å². The summed E-state index contributed by atoms with van der Waals surface area (Å²) >= 11 is 0. The molecule has 0 saturated heterocycles. The number of hydrogen-bond acceptors (Lipinski definition) is 5. The highest BCUT2D eigenvalue weighted by atomic mass is 127. The van der Waals surface area contributed by atoms with Crippen molar-refractivity contribution in [3.8, 4) is 17.2 Å². The van der Waals surface area contributed by atoms with Crippen molar-refractivity contribution < 1.29 is 19.3 Å². The van der Waals surface area contributed by atoms with Crippen molar-refractivity contribution in [2.75, 3.05) is 34.4 Å². The van der Waals surface area contributed by atoms with Crippen LogP contribution >= 0.6 is 24.0 Å². The highest BCUT2D eigenvalue weighted by molar-refractivity contribution is 14.0. The van der Waals surface area contributed by atoms with Gasteiger partial charge in [0.05, 0.1) is 34.0 Å². The van der Waals surface area contributed by atoms with Gasteiger partial charge in [0, 0.05) is 19.2 Å². The van der Waals surface area contributed by atoms with E-state index >= 15 is 0 Å². The Morgan fingerprint density at radius 1 is 0.931 bits per heavy atom. The maximum absolute atomic E-state index is 10.6. The molecule has 2 aromatic rings. The summed E-state index contributed by atoms with van der Waals surface area (Å²) in [4.78, 5) is 4.57. The topological polar surface area (TPSA) is 84.3 Å². The first-order valence-electron chi connectivity index (χ1n) is 9.15. The molecule has 160 valence electrons. The van der Waals surface area contributed by atoms with Gasteiger partial charge in [-0.15, -0.1) is 24.0 Å². The fourth-order valence-corrected chi connectivity index (χ4v) is 2.58. The zero-order valence-electron chi connectivity index (χ0n) is 17.3. The first-order valence-corrected chi connectivity index (χ1v) is 9.15. The highest BCUT2D eigenvalue weighted by Crippen LogP contribution is 2.26. The third kappa shape index (κ3) is 7.98. The van der Waals surface area contributed by atoms with Crippen molar-refractivity contribution in [2.24, 2.45) is 4.99 Å². The summed E-state index contributed by atoms with van der Waals surface area (Å²) in [6, 6.07) is 13.1. The number of aliphatic imine (C=N–C) groups is 1. The molecule has 0 amide bonds. The standard InChI is InChI=1S/C21H29N3O4.HI/c1-5-22-21(23-13-15-6-8-17(26-2)9-7-15)24-14-20(25)16-10-18(27-3)12-19(11-16)28-4;/h6-12,20,25H,5,13-14H2,1-4H3,(H2,22,23,24);1H. The number of benzene rings is 2. The summed E-state index contributed by atoms with van der Waals surface area (Å²) in [5.74, 6) is 2.71. The van der Waals surface area contributed by atoms with Crippen LogP contribution in [0, 0.1) is 0 Å². The molecule has 8 heteroatoms. The zero-order chi connectivity index (χ0) is 20.4. The first-order chi connectivity index (χ1) is 13.6. The van der Waals surface area contributed by atoms with E-state index in [1.165, 1.54) is 0 Å². The largest absolute Gasteiger partial charge is 0.497 e. The number of methoxy groups -OCH3 is 3. The van der Waals surface area contributed by atoms with E-state index in [9.17, 15) is 5.11 Å². The zero-order valence-corrected chi connectivity index (χ0v) is 19.6. The Balaban J connectivity index is 0.00000420. The number of halogens is 1. The molecule has 29 heavy (non-hydrogen) atoms. The molecule has 0 aliphatic carbocycles. The number of guanidine groups is 1. The SMILES string of the molecule is CCNC(=NCc1ccc(OC)cc1)NCC(O)c1cc(OC)cc(OC)c1.I. The lowest BCUT2D eigenvalue weighted by molar-refractivity contribution is 0.180. The molecular formula is C21H30IN3O4. The Morgan fingerprint density at radius 2 is 1.52 bits per heavy atom. The van der Waals surface area contributed by atoms with Crippen molar-refractivity contribution in [1.82, 2.24) is 10.6 Å². The van der Waals surface area contributed by atoms with Crippen LogP contribution in [0.2, 0.25) is 0 Å². The van der Waals surface area contributed by atoms with E-state index in [1.54, 1.807) is 39.5 Å². The summed E-state index contributed by atoms with van der Waals surface area (Å²) in [7, 11) is 4.81. The van der Waals surface area contributed by atoms with Gasteiger partial charge in [0.2, 0.25) is 0 Å². The van der Waals surface area contributed by atoms with Crippen LogP contribution in [-0.4, -0.2) is 45.5 Å². The lowest BCUT2D eigenvalue weighted by Gasteiger charge is -2.17. The summed E-state index contributed by atoms with van der Waals surface area (Å²) in [6.45, 7) is 3.53. The fraction of sp³-hybridized carbons (Fsp3) is 0.381. The van der Waals surface area contributed by atoms with Crippen LogP contribution in [0.5, 0.6) is 17.2 Å². The number of aliphatic hydroxyl groups excluding tert-OH is 1. The van der Waals surface area contributed by atoms with Crippen LogP contribution in [0.4, 0.5) is 0 Å². The van der Waals surface area contributed by atoms with Crippen molar-refractivity contribution in [3.05, 3.63) is 53.6 Å². The van der Waals surface area contributed by atoms with Gasteiger partial charge >= 0.3 is 0 Å². The third-order valence-electron chi connectivity index (χ3n) is 4.14. The van der Waals surface area contributed by atoms with E-state index in [1.807, 2.05) is 31.2 Å². The Labute approximate surface area is 189 Å². The second-order valence-electron chi connectivity index (χ2n) is 6.09. The Morgan fingerprint density at radius 3 is 2.03 bits per heavy atom. The third-order valence-corrected chi connectivity index (χ3v) is 4.14. The number of aliphatic hydroxyl groups is 1. The minimum Gasteiger partial charge on any atom is -0.497 e. The predicted octanol–water partition coefficient (Wildman–Crippen LogP) is 3.12. The van der Waals surface area contributed by atoms with Crippen molar-refractivity contribution in [2.45, 2.75) is 19.6 Å². The Hall–Kier alpha value is -2.20. The molecule has 0 bridgehead atoms. The number of rotatable bonds is 9. The highest BCUT2D eigenvalue weighted by Gasteiger charge is 2.12. The van der Waals surface area contributed by atoms with Gasteiger partial charge in [0.15, 0.2) is 5.96 Å². The fourth-order valence-electron chi connectivity index (χ4n) is 2.58. The molecule has 0 heterocycles. The van der Waals surface area contributed by atoms with Gasteiger partial charge in [-0.05, 0) is 42.3 Å². The maximum atomic E-state index is 10.6. The number of hydrogen-bond donors (Lipinski definition) is 3. The molecule has 0 saturated carbocycles. The average Bonchev–Trinajstić information content (AvgIpc) is 2.75. The van der Waals surface area contributed by atoms with E-state index in [0.29, 0.717) is 36.1 Å². The van der Waals surface area contributed by atoms with Crippen LogP contribution in [0.15, 0.2) is 47.5 Å². The molecule has 2 rings (SSSR count). The van der Waals surface area contributed by atoms with Crippen molar-refractivity contribution >= 4 is 29.9 Å². The number of ether oxygens (including phenoxy) is 3. The second kappa shape index (κ2) is 13.1. The smallest absolute Gasteiger partial charge is 0.191 e. The monoisotopic (exact) mass is 515 g/mol. The van der Waals surface area contributed by atoms with E-state index in [-0.39, 0.29) is 24.0 Å². The van der Waals surface area contributed by atoms with Crippen LogP contribution in [-0.2, 0) is 6.54 Å². The lowest BCUT2D eigenvalue weighted by Crippen LogP contribution is -2.39. The Bertz CT molecular complexity index is 747. The van der Waals surface area contributed by atoms with Crippen molar-refractivity contribution in [3.63, 3.8) is 0 Å². The normalized spacial score (nSPS) is 11.8. The first kappa shape index (κ1) is 24.8. The molecule has 0 fully saturated rings. The van der Waals surface area contributed by atoms with Crippen LogP contribution in [0.1, 0.15) is 24.2 Å². The molecular weight excluding hydrogens is 485 g/mol. The predicted molar refractivity (Wildman–Crippen MR) is 126 cm³/mol. The minimum absolute atomic E-state index is 0. The summed E-state index contributed by atoms with van der Waals surface area (Å²) in [6.07, 6.45) is -0.742. The van der Waals surface area contributed by atoms with Crippen LogP contribution in [0.25, 0.3) is 0 Å². The van der Waals surface area contributed by atoms with Gasteiger partial charge in [-0.1, -0.05) is 12.1 Å². The summed E-state index contributed by atoms with van der Waals surface area (Å²) in [5.41, 5.74) is 1.77.